The summed E-state index contributed by atoms with van der Waals surface area (Å²) in [6.07, 6.45) is 1.97. The van der Waals surface area contributed by atoms with E-state index >= 15 is 0 Å². The first kappa shape index (κ1) is 13.3. The summed E-state index contributed by atoms with van der Waals surface area (Å²) >= 11 is 3.62. The maximum Gasteiger partial charge on any atom is 0.0337 e. The second-order valence-corrected chi connectivity index (χ2v) is 4.69. The molecule has 1 aromatic carbocycles. The summed E-state index contributed by atoms with van der Waals surface area (Å²) in [6.45, 7) is 3.99. The van der Waals surface area contributed by atoms with E-state index in [0.29, 0.717) is 6.04 Å². The molecular formula is C14H18BrN. The molecule has 0 spiro atoms. The minimum absolute atomic E-state index is 0.371. The van der Waals surface area contributed by atoms with Gasteiger partial charge in [0.15, 0.2) is 0 Å². The Morgan fingerprint density at radius 2 is 2.19 bits per heavy atom. The smallest absolute Gasteiger partial charge is 0.0337 e. The van der Waals surface area contributed by atoms with Gasteiger partial charge in [0.05, 0.1) is 0 Å². The molecule has 86 valence electrons. The summed E-state index contributed by atoms with van der Waals surface area (Å²) in [7, 11) is 2.00. The van der Waals surface area contributed by atoms with Gasteiger partial charge in [-0.05, 0) is 44.5 Å². The van der Waals surface area contributed by atoms with Gasteiger partial charge in [0.25, 0.3) is 0 Å². The molecule has 0 aliphatic rings. The van der Waals surface area contributed by atoms with Gasteiger partial charge in [0.2, 0.25) is 0 Å². The predicted octanol–water partition coefficient (Wildman–Crippen LogP) is 3.82. The third-order valence-electron chi connectivity index (χ3n) is 2.61. The molecule has 0 bridgehead atoms. The van der Waals surface area contributed by atoms with E-state index in [2.05, 4.69) is 58.2 Å². The van der Waals surface area contributed by atoms with Crippen LogP contribution in [0.1, 0.15) is 36.9 Å². The number of hydrogen-bond donors (Lipinski definition) is 1. The molecule has 16 heavy (non-hydrogen) atoms. The van der Waals surface area contributed by atoms with Gasteiger partial charge in [-0.3, -0.25) is 0 Å². The zero-order valence-corrected chi connectivity index (χ0v) is 11.7. The standard InChI is InChI=1S/C14H18BrN/c1-4-5-6-7-14(16-3)12-9-8-11(2)10-13(12)15/h8-10,14,16H,6-7H2,1-3H3. The minimum Gasteiger partial charge on any atom is -0.313 e. The quantitative estimate of drug-likeness (QED) is 0.827. The zero-order valence-electron chi connectivity index (χ0n) is 10.1. The Balaban J connectivity index is 2.80. The Kier molecular flexibility index (Phi) is 5.59. The van der Waals surface area contributed by atoms with Gasteiger partial charge >= 0.3 is 0 Å². The summed E-state index contributed by atoms with van der Waals surface area (Å²) in [6, 6.07) is 6.86. The van der Waals surface area contributed by atoms with Gasteiger partial charge < -0.3 is 5.32 Å². The van der Waals surface area contributed by atoms with Crippen LogP contribution in [-0.4, -0.2) is 7.05 Å². The van der Waals surface area contributed by atoms with Gasteiger partial charge in [0, 0.05) is 16.9 Å². The average molecular weight is 280 g/mol. The molecule has 0 saturated carbocycles. The average Bonchev–Trinajstić information content (AvgIpc) is 2.26. The van der Waals surface area contributed by atoms with Crippen LogP contribution < -0.4 is 5.32 Å². The van der Waals surface area contributed by atoms with Crippen molar-refractivity contribution in [2.24, 2.45) is 0 Å². The van der Waals surface area contributed by atoms with Gasteiger partial charge in [-0.2, -0.15) is 0 Å². The fourth-order valence-electron chi connectivity index (χ4n) is 1.71. The van der Waals surface area contributed by atoms with Crippen LogP contribution in [0.2, 0.25) is 0 Å². The monoisotopic (exact) mass is 279 g/mol. The second kappa shape index (κ2) is 6.73. The van der Waals surface area contributed by atoms with Gasteiger partial charge in [-0.15, -0.1) is 11.8 Å². The van der Waals surface area contributed by atoms with E-state index in [9.17, 15) is 0 Å². The number of nitrogens with one attached hydrogen (secondary N) is 1. The zero-order chi connectivity index (χ0) is 12.0. The van der Waals surface area contributed by atoms with E-state index in [4.69, 9.17) is 0 Å². The largest absolute Gasteiger partial charge is 0.313 e. The molecule has 1 atom stereocenters. The van der Waals surface area contributed by atoms with E-state index in [-0.39, 0.29) is 0 Å². The fourth-order valence-corrected chi connectivity index (χ4v) is 2.48. The summed E-state index contributed by atoms with van der Waals surface area (Å²) in [5.74, 6) is 6.04. The molecule has 0 radical (unpaired) electrons. The molecule has 0 heterocycles. The van der Waals surface area contributed by atoms with Crippen LogP contribution in [0.15, 0.2) is 22.7 Å². The SMILES string of the molecule is CC#CCCC(NC)c1ccc(C)cc1Br. The number of benzene rings is 1. The summed E-state index contributed by atoms with van der Waals surface area (Å²) in [4.78, 5) is 0. The minimum atomic E-state index is 0.371. The highest BCUT2D eigenvalue weighted by molar-refractivity contribution is 9.10. The summed E-state index contributed by atoms with van der Waals surface area (Å²) < 4.78 is 1.18. The lowest BCUT2D eigenvalue weighted by atomic mass is 10.0. The van der Waals surface area contributed by atoms with E-state index in [1.807, 2.05) is 14.0 Å². The Labute approximate surface area is 107 Å². The molecule has 0 fully saturated rings. The number of aryl methyl sites for hydroxylation is 1. The maximum absolute atomic E-state index is 3.62. The normalized spacial score (nSPS) is 11.8. The fraction of sp³-hybridized carbons (Fsp3) is 0.429. The van der Waals surface area contributed by atoms with Crippen molar-refractivity contribution in [2.75, 3.05) is 7.05 Å². The van der Waals surface area contributed by atoms with E-state index in [1.165, 1.54) is 15.6 Å². The van der Waals surface area contributed by atoms with Crippen molar-refractivity contribution in [3.05, 3.63) is 33.8 Å². The highest BCUT2D eigenvalue weighted by Gasteiger charge is 2.11. The summed E-state index contributed by atoms with van der Waals surface area (Å²) in [5.41, 5.74) is 2.59. The van der Waals surface area contributed by atoms with Gasteiger partial charge in [0.1, 0.15) is 0 Å². The third-order valence-corrected chi connectivity index (χ3v) is 3.30. The molecule has 0 aliphatic carbocycles. The molecule has 0 aliphatic heterocycles. The molecule has 0 amide bonds. The van der Waals surface area contributed by atoms with Gasteiger partial charge in [-0.1, -0.05) is 28.1 Å². The van der Waals surface area contributed by atoms with E-state index in [1.54, 1.807) is 0 Å². The third kappa shape index (κ3) is 3.66. The van der Waals surface area contributed by atoms with Crippen LogP contribution in [0.4, 0.5) is 0 Å². The van der Waals surface area contributed by atoms with Crippen LogP contribution in [0.25, 0.3) is 0 Å². The lowest BCUT2D eigenvalue weighted by Gasteiger charge is -2.17. The molecule has 1 nitrogen and oxygen atoms in total. The Morgan fingerprint density at radius 3 is 2.75 bits per heavy atom. The number of hydrogen-bond acceptors (Lipinski definition) is 1. The van der Waals surface area contributed by atoms with Crippen LogP contribution in [0.5, 0.6) is 0 Å². The molecular weight excluding hydrogens is 262 g/mol. The number of halogens is 1. The molecule has 2 heteroatoms. The molecule has 0 aromatic heterocycles. The first-order valence-corrected chi connectivity index (χ1v) is 6.31. The van der Waals surface area contributed by atoms with Crippen LogP contribution in [-0.2, 0) is 0 Å². The Bertz CT molecular complexity index is 401. The predicted molar refractivity (Wildman–Crippen MR) is 73.4 cm³/mol. The van der Waals surface area contributed by atoms with Crippen molar-refractivity contribution in [1.29, 1.82) is 0 Å². The molecule has 1 rings (SSSR count). The lowest BCUT2D eigenvalue weighted by Crippen LogP contribution is -2.16. The topological polar surface area (TPSA) is 12.0 Å². The van der Waals surface area contributed by atoms with Crippen molar-refractivity contribution in [2.45, 2.75) is 32.7 Å². The van der Waals surface area contributed by atoms with Crippen molar-refractivity contribution in [1.82, 2.24) is 5.32 Å². The van der Waals surface area contributed by atoms with Crippen molar-refractivity contribution < 1.29 is 0 Å². The Hall–Kier alpha value is -0.780. The first-order valence-electron chi connectivity index (χ1n) is 5.52. The lowest BCUT2D eigenvalue weighted by molar-refractivity contribution is 0.556. The van der Waals surface area contributed by atoms with Crippen LogP contribution >= 0.6 is 15.9 Å². The van der Waals surface area contributed by atoms with Crippen molar-refractivity contribution in [3.8, 4) is 11.8 Å². The number of rotatable bonds is 4. The van der Waals surface area contributed by atoms with Gasteiger partial charge in [-0.25, -0.2) is 0 Å². The van der Waals surface area contributed by atoms with E-state index < -0.39 is 0 Å². The summed E-state index contributed by atoms with van der Waals surface area (Å²) in [5, 5.41) is 3.34. The van der Waals surface area contributed by atoms with E-state index in [0.717, 1.165) is 12.8 Å². The van der Waals surface area contributed by atoms with Crippen molar-refractivity contribution in [3.63, 3.8) is 0 Å². The van der Waals surface area contributed by atoms with Crippen LogP contribution in [0, 0.1) is 18.8 Å². The molecule has 1 aromatic rings. The maximum atomic E-state index is 3.62. The first-order chi connectivity index (χ1) is 7.69. The van der Waals surface area contributed by atoms with Crippen LogP contribution in [0.3, 0.4) is 0 Å². The molecule has 1 N–H and O–H groups in total. The highest BCUT2D eigenvalue weighted by atomic mass is 79.9. The molecule has 0 saturated heterocycles. The molecule has 1 unspecified atom stereocenters. The van der Waals surface area contributed by atoms with Crippen molar-refractivity contribution >= 4 is 15.9 Å². The Morgan fingerprint density at radius 1 is 1.44 bits per heavy atom. The highest BCUT2D eigenvalue weighted by Crippen LogP contribution is 2.27. The second-order valence-electron chi connectivity index (χ2n) is 3.83.